The first-order valence-corrected chi connectivity index (χ1v) is 8.35. The summed E-state index contributed by atoms with van der Waals surface area (Å²) in [6.07, 6.45) is 0.361. The van der Waals surface area contributed by atoms with Crippen molar-refractivity contribution >= 4 is 40.9 Å². The predicted molar refractivity (Wildman–Crippen MR) is 87.5 cm³/mol. The molecule has 0 unspecified atom stereocenters. The molecule has 0 radical (unpaired) electrons. The number of carbonyl (C=O) groups excluding carboxylic acids is 3. The average Bonchev–Trinajstić information content (AvgIpc) is 2.35. The smallest absolute Gasteiger partial charge is 0.169 e. The molecule has 1 aliphatic heterocycles. The molecule has 21 heavy (non-hydrogen) atoms. The highest BCUT2D eigenvalue weighted by atomic mass is 32.2. The fourth-order valence-corrected chi connectivity index (χ4v) is 4.72. The molecule has 1 aliphatic rings. The maximum absolute atomic E-state index is 11.9. The lowest BCUT2D eigenvalue weighted by Gasteiger charge is -2.33. The van der Waals surface area contributed by atoms with Gasteiger partial charge in [-0.05, 0) is 45.9 Å². The van der Waals surface area contributed by atoms with Crippen molar-refractivity contribution in [3.8, 4) is 0 Å². The Balaban J connectivity index is 3.10. The number of aliphatic hydroxyl groups excluding tert-OH is 1. The molecule has 0 bridgehead atoms. The minimum atomic E-state index is -0.998. The molecular formula is C15H20O4S2. The third-order valence-corrected chi connectivity index (χ3v) is 6.80. The highest BCUT2D eigenvalue weighted by molar-refractivity contribution is 8.10. The van der Waals surface area contributed by atoms with Crippen LogP contribution in [0.1, 0.15) is 41.0 Å². The SMILES string of the molecule is CC(=O)/C(SC1=C(C)CC(C(C)=O)(C(C)=O)SC1)=C(\C)O. The number of thioether (sulfide) groups is 2. The zero-order valence-electron chi connectivity index (χ0n) is 12.9. The molecule has 1 heterocycles. The second-order valence-corrected chi connectivity index (χ2v) is 7.56. The van der Waals surface area contributed by atoms with Gasteiger partial charge in [0.25, 0.3) is 0 Å². The van der Waals surface area contributed by atoms with Crippen molar-refractivity contribution in [1.29, 1.82) is 0 Å². The van der Waals surface area contributed by atoms with E-state index in [1.807, 2.05) is 6.92 Å². The van der Waals surface area contributed by atoms with Gasteiger partial charge in [-0.25, -0.2) is 0 Å². The van der Waals surface area contributed by atoms with Crippen molar-refractivity contribution in [2.75, 3.05) is 5.75 Å². The van der Waals surface area contributed by atoms with Gasteiger partial charge in [0.15, 0.2) is 17.3 Å². The molecule has 0 aromatic heterocycles. The molecule has 0 spiro atoms. The Hall–Kier alpha value is -1.01. The minimum absolute atomic E-state index is 0.00669. The molecule has 0 amide bonds. The normalized spacial score (nSPS) is 19.1. The van der Waals surface area contributed by atoms with E-state index in [2.05, 4.69) is 0 Å². The zero-order valence-corrected chi connectivity index (χ0v) is 14.5. The monoisotopic (exact) mass is 328 g/mol. The number of allylic oxidation sites excluding steroid dienone is 3. The minimum Gasteiger partial charge on any atom is -0.511 e. The summed E-state index contributed by atoms with van der Waals surface area (Å²) in [6, 6.07) is 0. The van der Waals surface area contributed by atoms with E-state index in [1.165, 1.54) is 51.2 Å². The van der Waals surface area contributed by atoms with E-state index in [4.69, 9.17) is 0 Å². The molecule has 6 heteroatoms. The Morgan fingerprint density at radius 1 is 1.14 bits per heavy atom. The second-order valence-electron chi connectivity index (χ2n) is 5.18. The largest absolute Gasteiger partial charge is 0.511 e. The second kappa shape index (κ2) is 6.83. The highest BCUT2D eigenvalue weighted by Gasteiger charge is 2.44. The molecule has 116 valence electrons. The fourth-order valence-electron chi connectivity index (χ4n) is 2.18. The lowest BCUT2D eigenvalue weighted by molar-refractivity contribution is -0.128. The molecular weight excluding hydrogens is 308 g/mol. The van der Waals surface area contributed by atoms with Gasteiger partial charge in [-0.1, -0.05) is 17.3 Å². The van der Waals surface area contributed by atoms with Gasteiger partial charge in [0.1, 0.15) is 10.5 Å². The van der Waals surface area contributed by atoms with E-state index in [0.29, 0.717) is 17.1 Å². The van der Waals surface area contributed by atoms with E-state index in [1.54, 1.807) is 0 Å². The van der Waals surface area contributed by atoms with Gasteiger partial charge in [0.2, 0.25) is 0 Å². The Morgan fingerprint density at radius 2 is 1.67 bits per heavy atom. The topological polar surface area (TPSA) is 71.4 Å². The number of ketones is 3. The Bertz CT molecular complexity index is 540. The summed E-state index contributed by atoms with van der Waals surface area (Å²) in [4.78, 5) is 36.5. The van der Waals surface area contributed by atoms with Crippen LogP contribution in [0, 0.1) is 0 Å². The summed E-state index contributed by atoms with van der Waals surface area (Å²) < 4.78 is -0.998. The van der Waals surface area contributed by atoms with Crippen LogP contribution in [0.15, 0.2) is 21.1 Å². The summed E-state index contributed by atoms with van der Waals surface area (Å²) in [7, 11) is 0. The molecule has 0 aromatic carbocycles. The van der Waals surface area contributed by atoms with Gasteiger partial charge >= 0.3 is 0 Å². The lowest BCUT2D eigenvalue weighted by Crippen LogP contribution is -2.43. The number of carbonyl (C=O) groups is 3. The third-order valence-electron chi connectivity index (χ3n) is 3.45. The maximum atomic E-state index is 11.9. The molecule has 0 saturated carbocycles. The van der Waals surface area contributed by atoms with Crippen LogP contribution in [0.4, 0.5) is 0 Å². The van der Waals surface area contributed by atoms with Crippen LogP contribution < -0.4 is 0 Å². The summed E-state index contributed by atoms with van der Waals surface area (Å²) in [5.74, 6) is 0.0147. The van der Waals surface area contributed by atoms with Crippen LogP contribution in [0.25, 0.3) is 0 Å². The Labute approximate surface area is 133 Å². The number of hydrogen-bond acceptors (Lipinski definition) is 6. The maximum Gasteiger partial charge on any atom is 0.169 e. The van der Waals surface area contributed by atoms with Crippen molar-refractivity contribution in [1.82, 2.24) is 0 Å². The first-order valence-electron chi connectivity index (χ1n) is 6.55. The van der Waals surface area contributed by atoms with Crippen LogP contribution in [0.2, 0.25) is 0 Å². The summed E-state index contributed by atoms with van der Waals surface area (Å²) in [6.45, 7) is 7.64. The van der Waals surface area contributed by atoms with Gasteiger partial charge in [-0.3, -0.25) is 14.4 Å². The highest BCUT2D eigenvalue weighted by Crippen LogP contribution is 2.45. The van der Waals surface area contributed by atoms with Crippen LogP contribution >= 0.6 is 23.5 Å². The molecule has 0 fully saturated rings. The van der Waals surface area contributed by atoms with Gasteiger partial charge in [-0.15, -0.1) is 11.8 Å². The predicted octanol–water partition coefficient (Wildman–Crippen LogP) is 3.43. The molecule has 0 aromatic rings. The van der Waals surface area contributed by atoms with E-state index < -0.39 is 4.75 Å². The van der Waals surface area contributed by atoms with E-state index in [-0.39, 0.29) is 23.1 Å². The fraction of sp³-hybridized carbons (Fsp3) is 0.533. The summed E-state index contributed by atoms with van der Waals surface area (Å²) >= 11 is 2.54. The van der Waals surface area contributed by atoms with Crippen LogP contribution in [-0.4, -0.2) is 33.0 Å². The number of aliphatic hydroxyl groups is 1. The Kier molecular flexibility index (Phi) is 5.87. The molecule has 1 rings (SSSR count). The van der Waals surface area contributed by atoms with E-state index in [0.717, 1.165) is 10.5 Å². The number of rotatable bonds is 5. The summed E-state index contributed by atoms with van der Waals surface area (Å²) in [5, 5.41) is 9.58. The van der Waals surface area contributed by atoms with Crippen LogP contribution in [0.3, 0.4) is 0 Å². The van der Waals surface area contributed by atoms with Crippen molar-refractivity contribution in [2.45, 2.75) is 45.8 Å². The number of hydrogen-bond donors (Lipinski definition) is 1. The van der Waals surface area contributed by atoms with Crippen LogP contribution in [-0.2, 0) is 14.4 Å². The Morgan fingerprint density at radius 3 is 2.00 bits per heavy atom. The van der Waals surface area contributed by atoms with Crippen molar-refractivity contribution in [2.24, 2.45) is 0 Å². The molecule has 4 nitrogen and oxygen atoms in total. The third kappa shape index (κ3) is 3.80. The van der Waals surface area contributed by atoms with E-state index >= 15 is 0 Å². The van der Waals surface area contributed by atoms with Crippen molar-refractivity contribution in [3.63, 3.8) is 0 Å². The number of Topliss-reactive ketones (excluding diaryl/α,β-unsaturated/α-hetero) is 3. The molecule has 0 saturated heterocycles. The zero-order chi connectivity index (χ0) is 16.4. The molecule has 1 N–H and O–H groups in total. The summed E-state index contributed by atoms with van der Waals surface area (Å²) in [5.41, 5.74) is 0.921. The van der Waals surface area contributed by atoms with Gasteiger partial charge in [-0.2, -0.15) is 0 Å². The van der Waals surface area contributed by atoms with Gasteiger partial charge in [0, 0.05) is 5.75 Å². The van der Waals surface area contributed by atoms with Crippen LogP contribution in [0.5, 0.6) is 0 Å². The molecule has 0 atom stereocenters. The quantitative estimate of drug-likeness (QED) is 0.473. The van der Waals surface area contributed by atoms with E-state index in [9.17, 15) is 19.5 Å². The first kappa shape index (κ1) is 18.0. The standard InChI is InChI=1S/C15H20O4S2/c1-8-6-15(11(4)18,12(5)19)20-7-13(8)21-14(9(2)16)10(3)17/h16H,6-7H2,1-5H3/b14-9-. The van der Waals surface area contributed by atoms with Crippen molar-refractivity contribution < 1.29 is 19.5 Å². The van der Waals surface area contributed by atoms with Crippen molar-refractivity contribution in [3.05, 3.63) is 21.1 Å². The first-order chi connectivity index (χ1) is 9.61. The lowest BCUT2D eigenvalue weighted by atomic mass is 9.91. The van der Waals surface area contributed by atoms with Gasteiger partial charge in [0.05, 0.1) is 4.91 Å². The van der Waals surface area contributed by atoms with Gasteiger partial charge < -0.3 is 5.11 Å². The molecule has 0 aliphatic carbocycles. The average molecular weight is 328 g/mol.